The molecule has 0 N–H and O–H groups in total. The van der Waals surface area contributed by atoms with E-state index in [1.165, 1.54) is 70.6 Å². The minimum absolute atomic E-state index is 0.140. The van der Waals surface area contributed by atoms with Gasteiger partial charge in [0.05, 0.1) is 18.1 Å². The molecule has 1 atom stereocenters. The molecule has 0 saturated carbocycles. The van der Waals surface area contributed by atoms with Gasteiger partial charge < -0.3 is 13.9 Å². The Morgan fingerprint density at radius 3 is 1.80 bits per heavy atom. The van der Waals surface area contributed by atoms with Crippen LogP contribution in [0.2, 0.25) is 0 Å². The lowest BCUT2D eigenvalue weighted by Gasteiger charge is -2.22. The van der Waals surface area contributed by atoms with E-state index in [0.29, 0.717) is 6.42 Å². The fourth-order valence-corrected chi connectivity index (χ4v) is 5.21. The average molecular weight is 462 g/mol. The molecule has 0 bridgehead atoms. The summed E-state index contributed by atoms with van der Waals surface area (Å²) in [6.07, 6.45) is 18.4. The molecule has 0 aliphatic rings. The summed E-state index contributed by atoms with van der Waals surface area (Å²) in [5.74, 6) is 0. The van der Waals surface area contributed by atoms with Crippen LogP contribution < -0.4 is 9.46 Å². The molecule has 5 nitrogen and oxygen atoms in total. The number of hydrogen-bond acceptors (Lipinski definition) is 5. The summed E-state index contributed by atoms with van der Waals surface area (Å²) in [7, 11) is -2.20. The van der Waals surface area contributed by atoms with E-state index in [2.05, 4.69) is 6.92 Å². The standard InChI is InChI=1S/C23H44NO4PS/c1-4-5-6-7-8-9-10-11-12-13-14-15-16-17-19-27-29(25,26)28-20-18-23-22(2)24(3)21-30-23/h21H,4-20H2,1-3H3. The Hall–Kier alpha value is -0.260. The fourth-order valence-electron chi connectivity index (χ4n) is 3.50. The molecule has 0 spiro atoms. The third-order valence-electron chi connectivity index (χ3n) is 5.61. The monoisotopic (exact) mass is 461 g/mol. The van der Waals surface area contributed by atoms with E-state index < -0.39 is 7.82 Å². The number of thiazole rings is 1. The van der Waals surface area contributed by atoms with Crippen LogP contribution in [0.25, 0.3) is 0 Å². The van der Waals surface area contributed by atoms with E-state index in [1.807, 2.05) is 24.0 Å². The zero-order valence-electron chi connectivity index (χ0n) is 19.5. The van der Waals surface area contributed by atoms with Gasteiger partial charge >= 0.3 is 0 Å². The van der Waals surface area contributed by atoms with Crippen LogP contribution in [0.1, 0.15) is 107 Å². The topological polar surface area (TPSA) is 62.5 Å². The van der Waals surface area contributed by atoms with E-state index in [1.54, 1.807) is 11.3 Å². The highest BCUT2D eigenvalue weighted by atomic mass is 32.1. The number of rotatable bonds is 20. The van der Waals surface area contributed by atoms with Gasteiger partial charge in [-0.2, -0.15) is 4.57 Å². The van der Waals surface area contributed by atoms with Crippen LogP contribution in [-0.2, 0) is 27.1 Å². The maximum atomic E-state index is 11.8. The second-order valence-electron chi connectivity index (χ2n) is 8.30. The molecule has 1 aromatic rings. The van der Waals surface area contributed by atoms with E-state index in [-0.39, 0.29) is 13.2 Å². The Balaban J connectivity index is 1.88. The normalized spacial score (nSPS) is 13.6. The Morgan fingerprint density at radius 1 is 0.867 bits per heavy atom. The lowest BCUT2D eigenvalue weighted by atomic mass is 10.0. The molecule has 0 aromatic carbocycles. The molecule has 0 radical (unpaired) electrons. The number of unbranched alkanes of at least 4 members (excludes halogenated alkanes) is 13. The van der Waals surface area contributed by atoms with Crippen LogP contribution >= 0.6 is 19.2 Å². The van der Waals surface area contributed by atoms with Crippen molar-refractivity contribution >= 4 is 19.2 Å². The fraction of sp³-hybridized carbons (Fsp3) is 0.870. The predicted molar refractivity (Wildman–Crippen MR) is 124 cm³/mol. The largest absolute Gasteiger partial charge is 0.756 e. The van der Waals surface area contributed by atoms with E-state index in [4.69, 9.17) is 9.05 Å². The van der Waals surface area contributed by atoms with Crippen LogP contribution in [0.5, 0.6) is 0 Å². The second kappa shape index (κ2) is 17.3. The zero-order valence-corrected chi connectivity index (χ0v) is 21.2. The number of nitrogens with zero attached hydrogens (tertiary/aromatic N) is 1. The van der Waals surface area contributed by atoms with Gasteiger partial charge in [-0.05, 0) is 6.42 Å². The third-order valence-corrected chi connectivity index (χ3v) is 7.81. The van der Waals surface area contributed by atoms with Gasteiger partial charge in [0, 0.05) is 13.3 Å². The molecule has 0 fully saturated rings. The van der Waals surface area contributed by atoms with E-state index in [9.17, 15) is 9.46 Å². The van der Waals surface area contributed by atoms with Gasteiger partial charge in [0.2, 0.25) is 5.51 Å². The first-order valence-electron chi connectivity index (χ1n) is 12.0. The first-order chi connectivity index (χ1) is 14.5. The van der Waals surface area contributed by atoms with Crippen LogP contribution in [0, 0.1) is 6.92 Å². The van der Waals surface area contributed by atoms with Crippen molar-refractivity contribution in [2.75, 3.05) is 13.2 Å². The van der Waals surface area contributed by atoms with Crippen molar-refractivity contribution in [1.29, 1.82) is 0 Å². The van der Waals surface area contributed by atoms with Gasteiger partial charge in [0.1, 0.15) is 7.05 Å². The minimum atomic E-state index is -4.18. The second-order valence-corrected chi connectivity index (χ2v) is 10.7. The van der Waals surface area contributed by atoms with Gasteiger partial charge in [0.25, 0.3) is 7.82 Å². The van der Waals surface area contributed by atoms with Gasteiger partial charge in [-0.3, -0.25) is 4.57 Å². The summed E-state index contributed by atoms with van der Waals surface area (Å²) >= 11 is 1.62. The van der Waals surface area contributed by atoms with Crippen LogP contribution in [0.4, 0.5) is 0 Å². The summed E-state index contributed by atoms with van der Waals surface area (Å²) in [5.41, 5.74) is 3.15. The van der Waals surface area contributed by atoms with Gasteiger partial charge in [-0.25, -0.2) is 0 Å². The number of phosphoric acid groups is 1. The summed E-state index contributed by atoms with van der Waals surface area (Å²) in [6, 6.07) is 0. The maximum absolute atomic E-state index is 11.8. The van der Waals surface area contributed by atoms with Crippen LogP contribution in [0.3, 0.4) is 0 Å². The predicted octanol–water partition coefficient (Wildman–Crippen LogP) is 6.41. The van der Waals surface area contributed by atoms with Crippen molar-refractivity contribution in [3.8, 4) is 0 Å². The van der Waals surface area contributed by atoms with Crippen molar-refractivity contribution in [1.82, 2.24) is 0 Å². The molecule has 1 rings (SSSR count). The number of hydrogen-bond donors (Lipinski definition) is 0. The average Bonchev–Trinajstić information content (AvgIpc) is 3.03. The van der Waals surface area contributed by atoms with E-state index >= 15 is 0 Å². The summed E-state index contributed by atoms with van der Waals surface area (Å²) < 4.78 is 23.8. The van der Waals surface area contributed by atoms with Crippen LogP contribution in [-0.4, -0.2) is 13.2 Å². The van der Waals surface area contributed by atoms with Crippen molar-refractivity contribution in [3.63, 3.8) is 0 Å². The third kappa shape index (κ3) is 13.9. The molecular weight excluding hydrogens is 417 g/mol. The first kappa shape index (κ1) is 27.8. The molecule has 0 amide bonds. The quantitative estimate of drug-likeness (QED) is 0.128. The van der Waals surface area contributed by atoms with Crippen molar-refractivity contribution in [2.45, 2.75) is 110 Å². The molecule has 0 saturated heterocycles. The SMILES string of the molecule is CCCCCCCCCCCCCCCCOP(=O)([O-])OCCc1sc[n+](C)c1C. The summed E-state index contributed by atoms with van der Waals surface area (Å²) in [5, 5.41) is 0. The zero-order chi connectivity index (χ0) is 22.1. The van der Waals surface area contributed by atoms with Crippen molar-refractivity contribution in [3.05, 3.63) is 16.1 Å². The van der Waals surface area contributed by atoms with Crippen molar-refractivity contribution in [2.24, 2.45) is 7.05 Å². The first-order valence-corrected chi connectivity index (χ1v) is 14.3. The highest BCUT2D eigenvalue weighted by Gasteiger charge is 2.14. The summed E-state index contributed by atoms with van der Waals surface area (Å²) in [6.45, 7) is 4.65. The lowest BCUT2D eigenvalue weighted by molar-refractivity contribution is -0.673. The molecule has 30 heavy (non-hydrogen) atoms. The van der Waals surface area contributed by atoms with Gasteiger partial charge in [0.15, 0.2) is 5.69 Å². The molecule has 1 heterocycles. The minimum Gasteiger partial charge on any atom is -0.756 e. The molecule has 0 aliphatic carbocycles. The van der Waals surface area contributed by atoms with Crippen molar-refractivity contribution < 1.29 is 23.1 Å². The number of phosphoric ester groups is 1. The molecule has 176 valence electrons. The van der Waals surface area contributed by atoms with Gasteiger partial charge in [-0.1, -0.05) is 102 Å². The van der Waals surface area contributed by atoms with Gasteiger partial charge in [-0.15, -0.1) is 0 Å². The molecule has 7 heteroatoms. The van der Waals surface area contributed by atoms with Crippen LogP contribution in [0.15, 0.2) is 5.51 Å². The number of aryl methyl sites for hydroxylation is 1. The maximum Gasteiger partial charge on any atom is 0.267 e. The molecule has 1 unspecified atom stereocenters. The Labute approximate surface area is 188 Å². The summed E-state index contributed by atoms with van der Waals surface area (Å²) in [4.78, 5) is 13.0. The molecular formula is C23H44NO4PS. The highest BCUT2D eigenvalue weighted by molar-refractivity contribution is 7.45. The number of aromatic nitrogens is 1. The molecule has 1 aromatic heterocycles. The Bertz CT molecular complexity index is 594. The lowest BCUT2D eigenvalue weighted by Crippen LogP contribution is -2.28. The smallest absolute Gasteiger partial charge is 0.267 e. The highest BCUT2D eigenvalue weighted by Crippen LogP contribution is 2.38. The Kier molecular flexibility index (Phi) is 16.0. The Morgan fingerprint density at radius 2 is 1.33 bits per heavy atom. The van der Waals surface area contributed by atoms with E-state index in [0.717, 1.165) is 29.8 Å². The molecule has 0 aliphatic heterocycles.